The standard InChI is InChI=1S/C14H18FNO2S/c1-16(11-5-6-19-9-11)8-13(17)12-7-10(15)3-4-14(12)18-2/h3-4,7,11H,5-6,8-9H2,1-2H3. The topological polar surface area (TPSA) is 29.5 Å². The maximum absolute atomic E-state index is 13.3. The van der Waals surface area contributed by atoms with Gasteiger partial charge in [0.25, 0.3) is 0 Å². The van der Waals surface area contributed by atoms with E-state index in [9.17, 15) is 9.18 Å². The molecule has 19 heavy (non-hydrogen) atoms. The van der Waals surface area contributed by atoms with Gasteiger partial charge in [-0.15, -0.1) is 0 Å². The third-order valence-corrected chi connectivity index (χ3v) is 4.53. The van der Waals surface area contributed by atoms with E-state index in [0.717, 1.165) is 17.9 Å². The van der Waals surface area contributed by atoms with Crippen LogP contribution in [-0.2, 0) is 0 Å². The van der Waals surface area contributed by atoms with Gasteiger partial charge in [0.2, 0.25) is 0 Å². The van der Waals surface area contributed by atoms with Gasteiger partial charge in [-0.05, 0) is 37.4 Å². The first-order valence-corrected chi connectivity index (χ1v) is 7.42. The van der Waals surface area contributed by atoms with E-state index in [2.05, 4.69) is 0 Å². The van der Waals surface area contributed by atoms with Crippen molar-refractivity contribution in [2.24, 2.45) is 0 Å². The average Bonchev–Trinajstić information content (AvgIpc) is 2.92. The minimum Gasteiger partial charge on any atom is -0.496 e. The molecule has 2 rings (SSSR count). The van der Waals surface area contributed by atoms with E-state index in [4.69, 9.17) is 4.74 Å². The van der Waals surface area contributed by atoms with E-state index in [1.165, 1.54) is 25.3 Å². The minimum absolute atomic E-state index is 0.101. The SMILES string of the molecule is COc1ccc(F)cc1C(=O)CN(C)C1CCSC1. The summed E-state index contributed by atoms with van der Waals surface area (Å²) >= 11 is 1.91. The van der Waals surface area contributed by atoms with Crippen molar-refractivity contribution >= 4 is 17.5 Å². The van der Waals surface area contributed by atoms with Gasteiger partial charge in [-0.1, -0.05) is 0 Å². The van der Waals surface area contributed by atoms with Crippen LogP contribution in [0.1, 0.15) is 16.8 Å². The number of likely N-dealkylation sites (N-methyl/N-ethyl adjacent to an activating group) is 1. The molecular weight excluding hydrogens is 265 g/mol. The van der Waals surface area contributed by atoms with E-state index in [1.807, 2.05) is 23.7 Å². The average molecular weight is 283 g/mol. The van der Waals surface area contributed by atoms with E-state index >= 15 is 0 Å². The van der Waals surface area contributed by atoms with E-state index < -0.39 is 5.82 Å². The molecular formula is C14H18FNO2S. The molecule has 1 atom stereocenters. The Morgan fingerprint density at radius 2 is 2.37 bits per heavy atom. The zero-order chi connectivity index (χ0) is 13.8. The summed E-state index contributed by atoms with van der Waals surface area (Å²) in [6, 6.07) is 4.48. The Morgan fingerprint density at radius 1 is 1.58 bits per heavy atom. The van der Waals surface area contributed by atoms with Crippen molar-refractivity contribution in [2.45, 2.75) is 12.5 Å². The van der Waals surface area contributed by atoms with Gasteiger partial charge in [0.1, 0.15) is 11.6 Å². The Kier molecular flexibility index (Phi) is 4.82. The summed E-state index contributed by atoms with van der Waals surface area (Å²) in [5.74, 6) is 2.12. The van der Waals surface area contributed by atoms with Crippen molar-refractivity contribution in [3.05, 3.63) is 29.6 Å². The number of hydrogen-bond acceptors (Lipinski definition) is 4. The molecule has 1 aliphatic rings. The van der Waals surface area contributed by atoms with Crippen molar-refractivity contribution in [3.63, 3.8) is 0 Å². The molecule has 0 spiro atoms. The van der Waals surface area contributed by atoms with Crippen LogP contribution >= 0.6 is 11.8 Å². The van der Waals surface area contributed by atoms with Gasteiger partial charge in [0.15, 0.2) is 5.78 Å². The lowest BCUT2D eigenvalue weighted by Crippen LogP contribution is -2.35. The number of thioether (sulfide) groups is 1. The molecule has 1 aromatic carbocycles. The van der Waals surface area contributed by atoms with Crippen LogP contribution in [0.2, 0.25) is 0 Å². The van der Waals surface area contributed by atoms with E-state index in [1.54, 1.807) is 0 Å². The smallest absolute Gasteiger partial charge is 0.180 e. The molecule has 0 N–H and O–H groups in total. The van der Waals surface area contributed by atoms with Crippen molar-refractivity contribution < 1.29 is 13.9 Å². The summed E-state index contributed by atoms with van der Waals surface area (Å²) in [5, 5.41) is 0. The molecule has 5 heteroatoms. The monoisotopic (exact) mass is 283 g/mol. The Bertz CT molecular complexity index is 461. The number of carbonyl (C=O) groups is 1. The van der Waals surface area contributed by atoms with Crippen LogP contribution in [0.25, 0.3) is 0 Å². The number of nitrogens with zero attached hydrogens (tertiary/aromatic N) is 1. The highest BCUT2D eigenvalue weighted by molar-refractivity contribution is 7.99. The molecule has 1 saturated heterocycles. The predicted molar refractivity (Wildman–Crippen MR) is 75.6 cm³/mol. The molecule has 0 aromatic heterocycles. The summed E-state index contributed by atoms with van der Waals surface area (Å²) in [6.45, 7) is 0.297. The van der Waals surface area contributed by atoms with Crippen LogP contribution in [0.3, 0.4) is 0 Å². The first-order valence-electron chi connectivity index (χ1n) is 6.26. The quantitative estimate of drug-likeness (QED) is 0.776. The van der Waals surface area contributed by atoms with Gasteiger partial charge in [-0.25, -0.2) is 4.39 Å². The van der Waals surface area contributed by atoms with E-state index in [0.29, 0.717) is 23.9 Å². The molecule has 0 saturated carbocycles. The zero-order valence-corrected chi connectivity index (χ0v) is 12.0. The first-order chi connectivity index (χ1) is 9.11. The number of ether oxygens (including phenoxy) is 1. The van der Waals surface area contributed by atoms with Crippen LogP contribution in [0.15, 0.2) is 18.2 Å². The number of carbonyl (C=O) groups excluding carboxylic acids is 1. The molecule has 1 aliphatic heterocycles. The Morgan fingerprint density at radius 3 is 3.00 bits per heavy atom. The molecule has 1 aromatic rings. The summed E-state index contributed by atoms with van der Waals surface area (Å²) < 4.78 is 18.4. The molecule has 104 valence electrons. The van der Waals surface area contributed by atoms with Crippen molar-refractivity contribution in [2.75, 3.05) is 32.2 Å². The summed E-state index contributed by atoms with van der Waals surface area (Å²) in [7, 11) is 3.43. The van der Waals surface area contributed by atoms with Gasteiger partial charge in [0.05, 0.1) is 19.2 Å². The highest BCUT2D eigenvalue weighted by Crippen LogP contribution is 2.23. The normalized spacial score (nSPS) is 18.8. The van der Waals surface area contributed by atoms with Crippen molar-refractivity contribution in [1.29, 1.82) is 0 Å². The lowest BCUT2D eigenvalue weighted by atomic mass is 10.1. The minimum atomic E-state index is -0.414. The highest BCUT2D eigenvalue weighted by atomic mass is 32.2. The summed E-state index contributed by atoms with van der Waals surface area (Å²) in [6.07, 6.45) is 1.11. The molecule has 0 bridgehead atoms. The van der Waals surface area contributed by atoms with Gasteiger partial charge in [0, 0.05) is 11.8 Å². The molecule has 0 amide bonds. The Hall–Kier alpha value is -1.07. The zero-order valence-electron chi connectivity index (χ0n) is 11.2. The molecule has 1 fully saturated rings. The lowest BCUT2D eigenvalue weighted by molar-refractivity contribution is 0.0923. The fourth-order valence-corrected chi connectivity index (χ4v) is 3.51. The summed E-state index contributed by atoms with van der Waals surface area (Å²) in [4.78, 5) is 14.3. The molecule has 3 nitrogen and oxygen atoms in total. The molecule has 0 radical (unpaired) electrons. The number of rotatable bonds is 5. The van der Waals surface area contributed by atoms with Crippen LogP contribution in [0.4, 0.5) is 4.39 Å². The predicted octanol–water partition coefficient (Wildman–Crippen LogP) is 2.45. The van der Waals surface area contributed by atoms with Crippen molar-refractivity contribution in [1.82, 2.24) is 4.90 Å². The third kappa shape index (κ3) is 3.48. The van der Waals surface area contributed by atoms with E-state index in [-0.39, 0.29) is 5.78 Å². The second-order valence-corrected chi connectivity index (χ2v) is 5.85. The fraction of sp³-hybridized carbons (Fsp3) is 0.500. The summed E-state index contributed by atoms with van der Waals surface area (Å²) in [5.41, 5.74) is 0.319. The van der Waals surface area contributed by atoms with Gasteiger partial charge < -0.3 is 4.74 Å². The van der Waals surface area contributed by atoms with Gasteiger partial charge >= 0.3 is 0 Å². The van der Waals surface area contributed by atoms with Crippen LogP contribution < -0.4 is 4.74 Å². The molecule has 0 aliphatic carbocycles. The fourth-order valence-electron chi connectivity index (χ4n) is 2.21. The molecule has 1 unspecified atom stereocenters. The Balaban J connectivity index is 2.08. The van der Waals surface area contributed by atoms with Gasteiger partial charge in [-0.3, -0.25) is 9.69 Å². The first kappa shape index (κ1) is 14.3. The number of halogens is 1. The number of benzene rings is 1. The second-order valence-electron chi connectivity index (χ2n) is 4.70. The lowest BCUT2D eigenvalue weighted by Gasteiger charge is -2.22. The van der Waals surface area contributed by atoms with Crippen LogP contribution in [-0.4, -0.2) is 48.9 Å². The van der Waals surface area contributed by atoms with Gasteiger partial charge in [-0.2, -0.15) is 11.8 Å². The van der Waals surface area contributed by atoms with Crippen LogP contribution in [0, 0.1) is 5.82 Å². The number of Topliss-reactive ketones (excluding diaryl/α,β-unsaturated/α-hetero) is 1. The second kappa shape index (κ2) is 6.39. The largest absolute Gasteiger partial charge is 0.496 e. The maximum atomic E-state index is 13.3. The Labute approximate surface area is 117 Å². The number of ketones is 1. The maximum Gasteiger partial charge on any atom is 0.180 e. The number of methoxy groups -OCH3 is 1. The third-order valence-electron chi connectivity index (χ3n) is 3.38. The highest BCUT2D eigenvalue weighted by Gasteiger charge is 2.23. The molecule has 1 heterocycles. The van der Waals surface area contributed by atoms with Crippen LogP contribution in [0.5, 0.6) is 5.75 Å². The van der Waals surface area contributed by atoms with Crippen molar-refractivity contribution in [3.8, 4) is 5.75 Å². The number of hydrogen-bond donors (Lipinski definition) is 0.